The SMILES string of the molecule is CC(C)C/C=C\CC(C)CC(O)(C(F)(F)F)C(F)(F)F. The second-order valence-electron chi connectivity index (χ2n) is 5.50. The molecular weight excluding hydrogens is 286 g/mol. The van der Waals surface area contributed by atoms with Crippen LogP contribution >= 0.6 is 0 Å². The number of hydrogen-bond acceptors (Lipinski definition) is 1. The molecule has 0 spiro atoms. The van der Waals surface area contributed by atoms with E-state index in [2.05, 4.69) is 0 Å². The summed E-state index contributed by atoms with van der Waals surface area (Å²) in [4.78, 5) is 0. The first-order chi connectivity index (χ1) is 8.81. The standard InChI is InChI=1S/C13H20F6O/c1-9(2)6-4-5-7-10(3)8-11(20,12(14,15)16)13(17,18)19/h4-5,9-10,20H,6-8H2,1-3H3/b5-4-. The Morgan fingerprint density at radius 2 is 1.25 bits per heavy atom. The lowest BCUT2D eigenvalue weighted by molar-refractivity contribution is -0.372. The summed E-state index contributed by atoms with van der Waals surface area (Å²) in [5.74, 6) is -0.574. The fourth-order valence-electron chi connectivity index (χ4n) is 1.68. The molecule has 20 heavy (non-hydrogen) atoms. The van der Waals surface area contributed by atoms with Gasteiger partial charge in [-0.1, -0.05) is 32.9 Å². The lowest BCUT2D eigenvalue weighted by Crippen LogP contribution is -2.57. The molecule has 1 atom stereocenters. The molecule has 0 aliphatic carbocycles. The van der Waals surface area contributed by atoms with Gasteiger partial charge in [0.1, 0.15) is 0 Å². The topological polar surface area (TPSA) is 20.2 Å². The molecule has 120 valence electrons. The maximum atomic E-state index is 12.5. The summed E-state index contributed by atoms with van der Waals surface area (Å²) in [6.45, 7) is 5.14. The molecule has 0 bridgehead atoms. The summed E-state index contributed by atoms with van der Waals surface area (Å²) in [5, 5.41) is 9.03. The molecule has 0 rings (SSSR count). The Balaban J connectivity index is 4.74. The third-order valence-corrected chi connectivity index (χ3v) is 2.89. The van der Waals surface area contributed by atoms with Crippen LogP contribution < -0.4 is 0 Å². The van der Waals surface area contributed by atoms with Crippen molar-refractivity contribution in [2.45, 2.75) is 58.0 Å². The van der Waals surface area contributed by atoms with Crippen molar-refractivity contribution in [3.05, 3.63) is 12.2 Å². The van der Waals surface area contributed by atoms with Gasteiger partial charge in [-0.05, 0) is 31.1 Å². The van der Waals surface area contributed by atoms with E-state index in [1.165, 1.54) is 6.92 Å². The van der Waals surface area contributed by atoms with Gasteiger partial charge in [-0.25, -0.2) is 0 Å². The van der Waals surface area contributed by atoms with Gasteiger partial charge >= 0.3 is 12.4 Å². The molecule has 0 saturated carbocycles. The fourth-order valence-corrected chi connectivity index (χ4v) is 1.68. The molecule has 0 radical (unpaired) electrons. The van der Waals surface area contributed by atoms with E-state index in [9.17, 15) is 26.3 Å². The molecule has 7 heteroatoms. The summed E-state index contributed by atoms with van der Waals surface area (Å²) < 4.78 is 74.8. The lowest BCUT2D eigenvalue weighted by Gasteiger charge is -2.34. The van der Waals surface area contributed by atoms with E-state index in [0.29, 0.717) is 12.3 Å². The Hall–Kier alpha value is -0.720. The highest BCUT2D eigenvalue weighted by Crippen LogP contribution is 2.46. The molecule has 0 heterocycles. The predicted octanol–water partition coefficient (Wildman–Crippen LogP) is 4.86. The fraction of sp³-hybridized carbons (Fsp3) is 0.846. The lowest BCUT2D eigenvalue weighted by atomic mass is 9.88. The zero-order chi connectivity index (χ0) is 16.2. The molecule has 0 saturated heterocycles. The summed E-state index contributed by atoms with van der Waals surface area (Å²) >= 11 is 0. The van der Waals surface area contributed by atoms with Crippen molar-refractivity contribution in [3.8, 4) is 0 Å². The molecular formula is C13H20F6O. The van der Waals surface area contributed by atoms with E-state index in [0.717, 1.165) is 0 Å². The molecule has 0 aromatic rings. The van der Waals surface area contributed by atoms with E-state index in [4.69, 9.17) is 5.11 Å². The molecule has 1 N–H and O–H groups in total. The largest absolute Gasteiger partial charge is 0.426 e. The van der Waals surface area contributed by atoms with Crippen molar-refractivity contribution in [1.29, 1.82) is 0 Å². The summed E-state index contributed by atoms with van der Waals surface area (Å²) in [6.07, 6.45) is -8.83. The van der Waals surface area contributed by atoms with Crippen LogP contribution in [0.5, 0.6) is 0 Å². The molecule has 0 aromatic carbocycles. The average Bonchev–Trinajstić information content (AvgIpc) is 2.20. The van der Waals surface area contributed by atoms with Crippen LogP contribution in [0.15, 0.2) is 12.2 Å². The van der Waals surface area contributed by atoms with Gasteiger partial charge in [-0.3, -0.25) is 0 Å². The minimum Gasteiger partial charge on any atom is -0.374 e. The van der Waals surface area contributed by atoms with Gasteiger partial charge in [0.2, 0.25) is 0 Å². The number of aliphatic hydroxyl groups is 1. The molecule has 0 aliphatic rings. The summed E-state index contributed by atoms with van der Waals surface area (Å²) in [7, 11) is 0. The van der Waals surface area contributed by atoms with Crippen molar-refractivity contribution in [2.75, 3.05) is 0 Å². The number of halogens is 6. The van der Waals surface area contributed by atoms with Crippen LogP contribution in [-0.2, 0) is 0 Å². The zero-order valence-electron chi connectivity index (χ0n) is 11.6. The van der Waals surface area contributed by atoms with Gasteiger partial charge in [0.05, 0.1) is 0 Å². The van der Waals surface area contributed by atoms with Crippen LogP contribution in [0.2, 0.25) is 0 Å². The van der Waals surface area contributed by atoms with Gasteiger partial charge in [-0.2, -0.15) is 26.3 Å². The van der Waals surface area contributed by atoms with E-state index >= 15 is 0 Å². The quantitative estimate of drug-likeness (QED) is 0.549. The average molecular weight is 306 g/mol. The molecule has 0 aromatic heterocycles. The van der Waals surface area contributed by atoms with Crippen LogP contribution in [0, 0.1) is 11.8 Å². The number of alkyl halides is 6. The van der Waals surface area contributed by atoms with Gasteiger partial charge in [0, 0.05) is 0 Å². The van der Waals surface area contributed by atoms with E-state index in [-0.39, 0.29) is 6.42 Å². The smallest absolute Gasteiger partial charge is 0.374 e. The first-order valence-electron chi connectivity index (χ1n) is 6.32. The van der Waals surface area contributed by atoms with Crippen molar-refractivity contribution < 1.29 is 31.4 Å². The Morgan fingerprint density at radius 1 is 0.850 bits per heavy atom. The maximum Gasteiger partial charge on any atom is 0.426 e. The van der Waals surface area contributed by atoms with Crippen LogP contribution in [-0.4, -0.2) is 23.1 Å². The van der Waals surface area contributed by atoms with Crippen LogP contribution in [0.4, 0.5) is 26.3 Å². The van der Waals surface area contributed by atoms with Crippen LogP contribution in [0.3, 0.4) is 0 Å². The Labute approximate surface area is 114 Å². The van der Waals surface area contributed by atoms with Crippen molar-refractivity contribution >= 4 is 0 Å². The van der Waals surface area contributed by atoms with Crippen molar-refractivity contribution in [1.82, 2.24) is 0 Å². The molecule has 0 fully saturated rings. The highest BCUT2D eigenvalue weighted by Gasteiger charge is 2.70. The third kappa shape index (κ3) is 5.34. The second kappa shape index (κ2) is 6.83. The zero-order valence-corrected chi connectivity index (χ0v) is 11.6. The number of allylic oxidation sites excluding steroid dienone is 2. The monoisotopic (exact) mass is 306 g/mol. The first kappa shape index (κ1) is 19.3. The number of hydrogen-bond donors (Lipinski definition) is 1. The van der Waals surface area contributed by atoms with Gasteiger partial charge < -0.3 is 5.11 Å². The number of rotatable bonds is 6. The normalized spacial score (nSPS) is 16.1. The minimum absolute atomic E-state index is 0.0567. The van der Waals surface area contributed by atoms with Crippen LogP contribution in [0.25, 0.3) is 0 Å². The van der Waals surface area contributed by atoms with E-state index < -0.39 is 30.3 Å². The predicted molar refractivity (Wildman–Crippen MR) is 64.1 cm³/mol. The highest BCUT2D eigenvalue weighted by atomic mass is 19.4. The summed E-state index contributed by atoms with van der Waals surface area (Å²) in [6, 6.07) is 0. The van der Waals surface area contributed by atoms with Crippen LogP contribution in [0.1, 0.15) is 40.0 Å². The molecule has 1 unspecified atom stereocenters. The van der Waals surface area contributed by atoms with E-state index in [1.54, 1.807) is 12.2 Å². The van der Waals surface area contributed by atoms with Gasteiger partial charge in [-0.15, -0.1) is 0 Å². The first-order valence-corrected chi connectivity index (χ1v) is 6.32. The van der Waals surface area contributed by atoms with Gasteiger partial charge in [0.25, 0.3) is 5.60 Å². The van der Waals surface area contributed by atoms with E-state index in [1.807, 2.05) is 13.8 Å². The van der Waals surface area contributed by atoms with Gasteiger partial charge in [0.15, 0.2) is 0 Å². The maximum absolute atomic E-state index is 12.5. The molecule has 1 nitrogen and oxygen atoms in total. The van der Waals surface area contributed by atoms with Crippen molar-refractivity contribution in [3.63, 3.8) is 0 Å². The highest BCUT2D eigenvalue weighted by molar-refractivity contribution is 4.96. The third-order valence-electron chi connectivity index (χ3n) is 2.89. The Bertz CT molecular complexity index is 302. The van der Waals surface area contributed by atoms with Crippen molar-refractivity contribution in [2.24, 2.45) is 11.8 Å². The summed E-state index contributed by atoms with van der Waals surface area (Å²) in [5.41, 5.74) is -4.65. The molecule has 0 amide bonds. The molecule has 0 aliphatic heterocycles. The Kier molecular flexibility index (Phi) is 6.58. The minimum atomic E-state index is -5.73. The second-order valence-corrected chi connectivity index (χ2v) is 5.50. The Morgan fingerprint density at radius 3 is 1.60 bits per heavy atom.